The number of hydrogen-bond acceptors (Lipinski definition) is 5. The molecule has 0 atom stereocenters. The van der Waals surface area contributed by atoms with Gasteiger partial charge in [-0.1, -0.05) is 42.5 Å². The third-order valence-electron chi connectivity index (χ3n) is 5.22. The number of pyridine rings is 1. The third kappa shape index (κ3) is 3.83. The fourth-order valence-corrected chi connectivity index (χ4v) is 3.64. The number of fused-ring (bicyclic) bond motifs is 1. The molecule has 152 valence electrons. The van der Waals surface area contributed by atoms with Crippen molar-refractivity contribution in [3.05, 3.63) is 108 Å². The summed E-state index contributed by atoms with van der Waals surface area (Å²) >= 11 is 0. The van der Waals surface area contributed by atoms with Crippen LogP contribution in [0.25, 0.3) is 16.9 Å². The molecule has 0 amide bonds. The lowest BCUT2D eigenvalue weighted by Crippen LogP contribution is -2.01. The van der Waals surface area contributed by atoms with E-state index < -0.39 is 0 Å². The standard InChI is InChI=1S/C25H20N4O2/c30-20-8-6-18(7-9-20)15-22-25(31)29-16-23(19-10-12-26-13-11-19)27-21(24(29)28-22)14-17-4-2-1-3-5-17/h1-13,16,30-31H,14-15H2. The maximum atomic E-state index is 11.0. The number of benzene rings is 2. The molecule has 0 saturated heterocycles. The van der Waals surface area contributed by atoms with Gasteiger partial charge in [0.2, 0.25) is 5.88 Å². The van der Waals surface area contributed by atoms with E-state index in [4.69, 9.17) is 9.97 Å². The second-order valence-electron chi connectivity index (χ2n) is 7.39. The lowest BCUT2D eigenvalue weighted by molar-refractivity contribution is 0.442. The third-order valence-corrected chi connectivity index (χ3v) is 5.22. The van der Waals surface area contributed by atoms with Gasteiger partial charge in [0.05, 0.1) is 11.4 Å². The van der Waals surface area contributed by atoms with Crippen molar-refractivity contribution in [2.24, 2.45) is 0 Å². The van der Waals surface area contributed by atoms with Crippen LogP contribution in [-0.4, -0.2) is 29.6 Å². The Hall–Kier alpha value is -4.19. The topological polar surface area (TPSA) is 83.5 Å². The molecule has 3 heterocycles. The molecule has 5 aromatic rings. The molecule has 0 saturated carbocycles. The molecule has 0 bridgehead atoms. The second-order valence-corrected chi connectivity index (χ2v) is 7.39. The van der Waals surface area contributed by atoms with Crippen molar-refractivity contribution < 1.29 is 10.2 Å². The van der Waals surface area contributed by atoms with Crippen LogP contribution in [0.3, 0.4) is 0 Å². The van der Waals surface area contributed by atoms with Gasteiger partial charge in [-0.2, -0.15) is 0 Å². The first-order valence-electron chi connectivity index (χ1n) is 9.99. The van der Waals surface area contributed by atoms with Gasteiger partial charge in [0, 0.05) is 37.0 Å². The summed E-state index contributed by atoms with van der Waals surface area (Å²) in [4.78, 5) is 13.7. The molecule has 6 heteroatoms. The molecule has 2 N–H and O–H groups in total. The molecule has 5 rings (SSSR count). The highest BCUT2D eigenvalue weighted by Crippen LogP contribution is 2.28. The minimum atomic E-state index is 0.0927. The number of rotatable bonds is 5. The van der Waals surface area contributed by atoms with Crippen molar-refractivity contribution in [3.63, 3.8) is 0 Å². The number of aromatic nitrogens is 4. The lowest BCUT2D eigenvalue weighted by Gasteiger charge is -2.08. The van der Waals surface area contributed by atoms with Crippen LogP contribution >= 0.6 is 0 Å². The predicted molar refractivity (Wildman–Crippen MR) is 118 cm³/mol. The first-order chi connectivity index (χ1) is 15.2. The molecule has 3 aromatic heterocycles. The lowest BCUT2D eigenvalue weighted by atomic mass is 10.1. The predicted octanol–water partition coefficient (Wildman–Crippen LogP) is 4.38. The Morgan fingerprint density at radius 2 is 1.39 bits per heavy atom. The molecule has 0 spiro atoms. The van der Waals surface area contributed by atoms with Crippen LogP contribution in [0, 0.1) is 0 Å². The van der Waals surface area contributed by atoms with Gasteiger partial charge >= 0.3 is 0 Å². The Labute approximate surface area is 179 Å². The van der Waals surface area contributed by atoms with E-state index in [1.54, 1.807) is 28.9 Å². The fourth-order valence-electron chi connectivity index (χ4n) is 3.64. The summed E-state index contributed by atoms with van der Waals surface area (Å²) in [5.41, 5.74) is 5.70. The van der Waals surface area contributed by atoms with Gasteiger partial charge in [-0.25, -0.2) is 9.97 Å². The average molecular weight is 408 g/mol. The van der Waals surface area contributed by atoms with E-state index in [0.29, 0.717) is 24.2 Å². The summed E-state index contributed by atoms with van der Waals surface area (Å²) in [6.45, 7) is 0. The molecule has 0 fully saturated rings. The SMILES string of the molecule is Oc1ccc(Cc2nc3c(Cc4ccccc4)nc(-c4ccncc4)cn3c2O)cc1. The van der Waals surface area contributed by atoms with Crippen LogP contribution in [-0.2, 0) is 12.8 Å². The van der Waals surface area contributed by atoms with E-state index in [1.807, 2.05) is 48.7 Å². The Morgan fingerprint density at radius 1 is 0.710 bits per heavy atom. The number of nitrogens with zero attached hydrogens (tertiary/aromatic N) is 4. The zero-order valence-corrected chi connectivity index (χ0v) is 16.7. The van der Waals surface area contributed by atoms with Crippen molar-refractivity contribution in [3.8, 4) is 22.9 Å². The molecule has 0 radical (unpaired) electrons. The van der Waals surface area contributed by atoms with Gasteiger partial charge in [-0.15, -0.1) is 0 Å². The van der Waals surface area contributed by atoms with Crippen molar-refractivity contribution >= 4 is 5.65 Å². The maximum absolute atomic E-state index is 11.0. The van der Waals surface area contributed by atoms with Crippen molar-refractivity contribution in [1.82, 2.24) is 19.4 Å². The van der Waals surface area contributed by atoms with Gasteiger partial charge in [0.25, 0.3) is 0 Å². The Morgan fingerprint density at radius 3 is 2.13 bits per heavy atom. The average Bonchev–Trinajstić information content (AvgIpc) is 3.12. The van der Waals surface area contributed by atoms with E-state index in [2.05, 4.69) is 17.1 Å². The summed E-state index contributed by atoms with van der Waals surface area (Å²) in [5.74, 6) is 0.300. The molecule has 31 heavy (non-hydrogen) atoms. The first-order valence-corrected chi connectivity index (χ1v) is 9.99. The van der Waals surface area contributed by atoms with Crippen LogP contribution in [0.4, 0.5) is 0 Å². The van der Waals surface area contributed by atoms with Gasteiger partial charge in [-0.3, -0.25) is 9.38 Å². The summed E-state index contributed by atoms with van der Waals surface area (Å²) in [6, 6.07) is 20.8. The quantitative estimate of drug-likeness (QED) is 0.451. The Balaban J connectivity index is 1.64. The minimum Gasteiger partial charge on any atom is -0.508 e. The van der Waals surface area contributed by atoms with E-state index in [9.17, 15) is 10.2 Å². The van der Waals surface area contributed by atoms with Crippen LogP contribution in [0.5, 0.6) is 11.6 Å². The zero-order valence-electron chi connectivity index (χ0n) is 16.7. The highest BCUT2D eigenvalue weighted by molar-refractivity contribution is 5.62. The van der Waals surface area contributed by atoms with E-state index in [0.717, 1.165) is 28.1 Å². The van der Waals surface area contributed by atoms with E-state index in [1.165, 1.54) is 0 Å². The van der Waals surface area contributed by atoms with Crippen LogP contribution in [0.2, 0.25) is 0 Å². The summed E-state index contributed by atoms with van der Waals surface area (Å²) in [6.07, 6.45) is 6.30. The number of aromatic hydroxyl groups is 2. The first kappa shape index (κ1) is 18.8. The van der Waals surface area contributed by atoms with Crippen LogP contribution < -0.4 is 0 Å². The van der Waals surface area contributed by atoms with Crippen molar-refractivity contribution in [2.45, 2.75) is 12.8 Å². The van der Waals surface area contributed by atoms with Crippen molar-refractivity contribution in [1.29, 1.82) is 0 Å². The fraction of sp³-hybridized carbons (Fsp3) is 0.0800. The molecule has 0 aliphatic rings. The van der Waals surface area contributed by atoms with Crippen molar-refractivity contribution in [2.75, 3.05) is 0 Å². The van der Waals surface area contributed by atoms with Crippen LogP contribution in [0.1, 0.15) is 22.5 Å². The molecule has 6 nitrogen and oxygen atoms in total. The maximum Gasteiger partial charge on any atom is 0.219 e. The van der Waals surface area contributed by atoms with E-state index in [-0.39, 0.29) is 11.6 Å². The number of phenolic OH excluding ortho intramolecular Hbond substituents is 1. The monoisotopic (exact) mass is 408 g/mol. The Kier molecular flexibility index (Phi) is 4.80. The van der Waals surface area contributed by atoms with E-state index >= 15 is 0 Å². The van der Waals surface area contributed by atoms with Gasteiger partial charge in [0.15, 0.2) is 5.65 Å². The molecular formula is C25H20N4O2. The van der Waals surface area contributed by atoms with Gasteiger partial charge in [-0.05, 0) is 35.4 Å². The summed E-state index contributed by atoms with van der Waals surface area (Å²) in [7, 11) is 0. The largest absolute Gasteiger partial charge is 0.508 e. The number of hydrogen-bond donors (Lipinski definition) is 2. The minimum absolute atomic E-state index is 0.0927. The molecule has 0 aliphatic heterocycles. The summed E-state index contributed by atoms with van der Waals surface area (Å²) in [5, 5.41) is 20.5. The molecular weight excluding hydrogens is 388 g/mol. The van der Waals surface area contributed by atoms with Gasteiger partial charge < -0.3 is 10.2 Å². The van der Waals surface area contributed by atoms with Crippen LogP contribution in [0.15, 0.2) is 85.3 Å². The normalized spacial score (nSPS) is 11.1. The number of phenols is 1. The highest BCUT2D eigenvalue weighted by Gasteiger charge is 2.18. The Bertz CT molecular complexity index is 1330. The molecule has 0 unspecified atom stereocenters. The highest BCUT2D eigenvalue weighted by atomic mass is 16.3. The second kappa shape index (κ2) is 7.91. The smallest absolute Gasteiger partial charge is 0.219 e. The zero-order chi connectivity index (χ0) is 21.2. The van der Waals surface area contributed by atoms with Gasteiger partial charge in [0.1, 0.15) is 11.4 Å². The number of imidazole rings is 1. The molecule has 0 aliphatic carbocycles. The molecule has 2 aromatic carbocycles. The summed E-state index contributed by atoms with van der Waals surface area (Å²) < 4.78 is 1.71.